The Hall–Kier alpha value is -7.30. The van der Waals surface area contributed by atoms with Crippen LogP contribution in [0.2, 0.25) is 0 Å². The van der Waals surface area contributed by atoms with E-state index in [1.165, 1.54) is 5.39 Å². The molecule has 0 saturated carbocycles. The fourth-order valence-corrected chi connectivity index (χ4v) is 7.80. The maximum absolute atomic E-state index is 5.41. The summed E-state index contributed by atoms with van der Waals surface area (Å²) in [7, 11) is 0. The molecule has 0 amide bonds. The smallest absolute Gasteiger partial charge is 0.160 e. The highest BCUT2D eigenvalue weighted by atomic mass is 15.1. The van der Waals surface area contributed by atoms with E-state index in [4.69, 9.17) is 9.97 Å². The molecule has 1 aromatic heterocycles. The van der Waals surface area contributed by atoms with Gasteiger partial charge in [-0.25, -0.2) is 9.97 Å². The Bertz CT molecular complexity index is 2670. The summed E-state index contributed by atoms with van der Waals surface area (Å²) in [5.41, 5.74) is 13.7. The summed E-state index contributed by atoms with van der Waals surface area (Å²) >= 11 is 0. The van der Waals surface area contributed by atoms with Crippen LogP contribution in [0.15, 0.2) is 206 Å². The van der Waals surface area contributed by atoms with Crippen molar-refractivity contribution in [3.05, 3.63) is 206 Å². The zero-order valence-corrected chi connectivity index (χ0v) is 29.4. The van der Waals surface area contributed by atoms with Crippen molar-refractivity contribution in [1.29, 1.82) is 0 Å². The van der Waals surface area contributed by atoms with Gasteiger partial charge in [0.1, 0.15) is 0 Å². The van der Waals surface area contributed by atoms with Gasteiger partial charge in [0.05, 0.1) is 17.1 Å². The van der Waals surface area contributed by atoms with Crippen LogP contribution < -0.4 is 9.80 Å². The topological polar surface area (TPSA) is 32.3 Å². The van der Waals surface area contributed by atoms with Crippen LogP contribution >= 0.6 is 0 Å². The van der Waals surface area contributed by atoms with Gasteiger partial charge in [0.15, 0.2) is 5.82 Å². The number of aromatic nitrogens is 2. The van der Waals surface area contributed by atoms with Gasteiger partial charge in [-0.1, -0.05) is 140 Å². The Morgan fingerprint density at radius 2 is 0.815 bits per heavy atom. The van der Waals surface area contributed by atoms with Gasteiger partial charge in [-0.3, -0.25) is 0 Å². The lowest BCUT2D eigenvalue weighted by Crippen LogP contribution is -2.10. The van der Waals surface area contributed by atoms with Crippen LogP contribution in [0.4, 0.5) is 34.1 Å². The number of hydrogen-bond donors (Lipinski definition) is 0. The molecular weight excluding hydrogens is 657 g/mol. The molecule has 0 N–H and O–H groups in total. The minimum atomic E-state index is 0.706. The summed E-state index contributed by atoms with van der Waals surface area (Å²) in [5.74, 6) is 0.706. The molecule has 0 atom stereocenters. The molecule has 4 nitrogen and oxygen atoms in total. The van der Waals surface area contributed by atoms with Crippen molar-refractivity contribution in [1.82, 2.24) is 9.97 Å². The predicted molar refractivity (Wildman–Crippen MR) is 224 cm³/mol. The lowest BCUT2D eigenvalue weighted by Gasteiger charge is -2.27. The number of nitrogens with zero attached hydrogens (tertiary/aromatic N) is 4. The highest BCUT2D eigenvalue weighted by molar-refractivity contribution is 6.20. The zero-order valence-electron chi connectivity index (χ0n) is 29.4. The van der Waals surface area contributed by atoms with E-state index >= 15 is 0 Å². The van der Waals surface area contributed by atoms with E-state index < -0.39 is 0 Å². The summed E-state index contributed by atoms with van der Waals surface area (Å²) in [6, 6.07) is 72.5. The van der Waals surface area contributed by atoms with Crippen molar-refractivity contribution < 1.29 is 0 Å². The second-order valence-electron chi connectivity index (χ2n) is 13.4. The van der Waals surface area contributed by atoms with Crippen LogP contribution in [0.3, 0.4) is 0 Å². The molecule has 0 aliphatic heterocycles. The lowest BCUT2D eigenvalue weighted by atomic mass is 9.97. The molecule has 0 spiro atoms. The van der Waals surface area contributed by atoms with Crippen LogP contribution in [0.1, 0.15) is 0 Å². The van der Waals surface area contributed by atoms with Crippen molar-refractivity contribution in [3.8, 4) is 45.0 Å². The third kappa shape index (κ3) is 5.40. The maximum Gasteiger partial charge on any atom is 0.160 e. The minimum absolute atomic E-state index is 0.706. The number of hydrogen-bond acceptors (Lipinski definition) is 4. The molecule has 1 heterocycles. The lowest BCUT2D eigenvalue weighted by molar-refractivity contribution is 1.19. The molecule has 0 saturated heterocycles. The molecule has 1 aliphatic rings. The van der Waals surface area contributed by atoms with Crippen LogP contribution in [0.25, 0.3) is 55.8 Å². The van der Waals surface area contributed by atoms with Gasteiger partial charge < -0.3 is 9.80 Å². The number of rotatable bonds is 8. The molecule has 0 radical (unpaired) electrons. The fraction of sp³-hybridized carbons (Fsp3) is 0. The molecule has 0 bridgehead atoms. The first kappa shape index (κ1) is 31.4. The Labute approximate surface area is 314 Å². The van der Waals surface area contributed by atoms with E-state index in [2.05, 4.69) is 198 Å². The Kier molecular flexibility index (Phi) is 7.77. The first-order valence-electron chi connectivity index (χ1n) is 18.3. The van der Waals surface area contributed by atoms with E-state index in [1.807, 2.05) is 18.2 Å². The van der Waals surface area contributed by atoms with Gasteiger partial charge in [0.25, 0.3) is 0 Å². The molecule has 54 heavy (non-hydrogen) atoms. The minimum Gasteiger partial charge on any atom is -0.310 e. The van der Waals surface area contributed by atoms with Gasteiger partial charge >= 0.3 is 0 Å². The summed E-state index contributed by atoms with van der Waals surface area (Å²) in [4.78, 5) is 15.4. The summed E-state index contributed by atoms with van der Waals surface area (Å²) in [5, 5.41) is 2.35. The molecule has 1 aliphatic carbocycles. The molecule has 8 aromatic carbocycles. The van der Waals surface area contributed by atoms with E-state index in [9.17, 15) is 0 Å². The van der Waals surface area contributed by atoms with Crippen LogP contribution in [-0.4, -0.2) is 9.97 Å². The average Bonchev–Trinajstić information content (AvgIpc) is 3.58. The van der Waals surface area contributed by atoms with E-state index in [0.29, 0.717) is 5.82 Å². The first-order chi connectivity index (χ1) is 26.8. The summed E-state index contributed by atoms with van der Waals surface area (Å²) < 4.78 is 0. The molecule has 0 unspecified atom stereocenters. The van der Waals surface area contributed by atoms with Gasteiger partial charge in [-0.15, -0.1) is 0 Å². The Morgan fingerprint density at radius 3 is 1.41 bits per heavy atom. The number of anilines is 6. The van der Waals surface area contributed by atoms with Gasteiger partial charge in [0, 0.05) is 61.5 Å². The Morgan fingerprint density at radius 1 is 0.333 bits per heavy atom. The monoisotopic (exact) mass is 690 g/mol. The standard InChI is InChI=1S/C50H34N4/c1-6-18-35(19-7-1)50-51-48(36-20-16-29-41(34-36)53(37-21-8-2-9-22-37)38-23-10-3-11-24-38)47-43-32-33-45(42-30-17-31-44(46(42)43)49(47)52-50)54(39-25-12-4-13-26-39)40-27-14-5-15-28-40/h1-34H. The van der Waals surface area contributed by atoms with Crippen molar-refractivity contribution in [2.24, 2.45) is 0 Å². The van der Waals surface area contributed by atoms with Gasteiger partial charge in [0.2, 0.25) is 0 Å². The van der Waals surface area contributed by atoms with E-state index in [0.717, 1.165) is 78.7 Å². The van der Waals surface area contributed by atoms with Crippen molar-refractivity contribution in [2.75, 3.05) is 9.80 Å². The second-order valence-corrected chi connectivity index (χ2v) is 13.4. The zero-order chi connectivity index (χ0) is 35.8. The average molecular weight is 691 g/mol. The normalized spacial score (nSPS) is 11.3. The fourth-order valence-electron chi connectivity index (χ4n) is 7.80. The van der Waals surface area contributed by atoms with Crippen molar-refractivity contribution >= 4 is 44.9 Å². The largest absolute Gasteiger partial charge is 0.310 e. The predicted octanol–water partition coefficient (Wildman–Crippen LogP) is 13.6. The van der Waals surface area contributed by atoms with Crippen LogP contribution in [0.5, 0.6) is 0 Å². The number of para-hydroxylation sites is 4. The van der Waals surface area contributed by atoms with E-state index in [-0.39, 0.29) is 0 Å². The summed E-state index contributed by atoms with van der Waals surface area (Å²) in [6.07, 6.45) is 0. The van der Waals surface area contributed by atoms with Crippen molar-refractivity contribution in [2.45, 2.75) is 0 Å². The number of fused-ring (bicyclic) bond motifs is 3. The molecule has 254 valence electrons. The maximum atomic E-state index is 5.41. The third-order valence-electron chi connectivity index (χ3n) is 10.2. The quantitative estimate of drug-likeness (QED) is 0.159. The van der Waals surface area contributed by atoms with Crippen LogP contribution in [0, 0.1) is 0 Å². The van der Waals surface area contributed by atoms with Gasteiger partial charge in [-0.05, 0) is 72.3 Å². The third-order valence-corrected chi connectivity index (χ3v) is 10.2. The van der Waals surface area contributed by atoms with Gasteiger partial charge in [-0.2, -0.15) is 0 Å². The highest BCUT2D eigenvalue weighted by Crippen LogP contribution is 2.53. The molecule has 9 aromatic rings. The Balaban J connectivity index is 1.20. The first-order valence-corrected chi connectivity index (χ1v) is 18.3. The molecule has 10 rings (SSSR count). The SMILES string of the molecule is c1ccc(-c2nc(-c3cccc(N(c4ccccc4)c4ccccc4)c3)c3c(n2)-c2cccc4c(N(c5ccccc5)c5ccccc5)ccc-3c24)cc1. The second kappa shape index (κ2) is 13.4. The molecule has 0 fully saturated rings. The highest BCUT2D eigenvalue weighted by Gasteiger charge is 2.30. The van der Waals surface area contributed by atoms with E-state index in [1.54, 1.807) is 0 Å². The van der Waals surface area contributed by atoms with Crippen LogP contribution in [-0.2, 0) is 0 Å². The summed E-state index contributed by atoms with van der Waals surface area (Å²) in [6.45, 7) is 0. The molecule has 4 heteroatoms. The van der Waals surface area contributed by atoms with Crippen molar-refractivity contribution in [3.63, 3.8) is 0 Å². The molecular formula is C50H34N4. The number of benzene rings is 8.